The molecular weight excluding hydrogens is 356 g/mol. The van der Waals surface area contributed by atoms with Crippen molar-refractivity contribution in [3.63, 3.8) is 0 Å². The standard InChI is InChI=1S/C22H28N2O2S/c1-17(24(2)3)23-15-14-19-9-7-8-18-12-13-21(16-22(18)19)27(25,26)20-10-5-4-6-11-20/h4-6,10-13,16,19H,7-9,14-15H2,1-3H3/b23-17-. The summed E-state index contributed by atoms with van der Waals surface area (Å²) in [6.07, 6.45) is 4.22. The predicted octanol–water partition coefficient (Wildman–Crippen LogP) is 4.31. The number of sulfone groups is 1. The van der Waals surface area contributed by atoms with Crippen molar-refractivity contribution in [1.29, 1.82) is 0 Å². The van der Waals surface area contributed by atoms with Crippen LogP contribution in [-0.4, -0.2) is 39.8 Å². The van der Waals surface area contributed by atoms with Gasteiger partial charge in [0.15, 0.2) is 0 Å². The first kappa shape index (κ1) is 19.6. The molecule has 0 N–H and O–H groups in total. The van der Waals surface area contributed by atoms with E-state index in [1.807, 2.05) is 44.1 Å². The fourth-order valence-electron chi connectivity index (χ4n) is 3.60. The molecule has 1 aliphatic rings. The zero-order chi connectivity index (χ0) is 19.4. The molecule has 1 aliphatic carbocycles. The average Bonchev–Trinajstić information content (AvgIpc) is 2.68. The van der Waals surface area contributed by atoms with Gasteiger partial charge in [-0.15, -0.1) is 0 Å². The van der Waals surface area contributed by atoms with Crippen LogP contribution in [0.4, 0.5) is 0 Å². The van der Waals surface area contributed by atoms with E-state index in [4.69, 9.17) is 0 Å². The molecule has 27 heavy (non-hydrogen) atoms. The molecule has 0 radical (unpaired) electrons. The van der Waals surface area contributed by atoms with E-state index in [0.29, 0.717) is 15.7 Å². The third-order valence-corrected chi connectivity index (χ3v) is 7.15. The molecule has 0 bridgehead atoms. The molecule has 0 saturated heterocycles. The summed E-state index contributed by atoms with van der Waals surface area (Å²) in [7, 11) is 0.516. The van der Waals surface area contributed by atoms with Gasteiger partial charge in [-0.05, 0) is 73.9 Å². The van der Waals surface area contributed by atoms with Crippen molar-refractivity contribution < 1.29 is 8.42 Å². The Kier molecular flexibility index (Phi) is 6.00. The van der Waals surface area contributed by atoms with Crippen molar-refractivity contribution >= 4 is 15.7 Å². The van der Waals surface area contributed by atoms with Crippen molar-refractivity contribution in [2.45, 2.75) is 48.3 Å². The van der Waals surface area contributed by atoms with Crippen molar-refractivity contribution in [2.24, 2.45) is 4.99 Å². The minimum Gasteiger partial charge on any atom is -0.367 e. The van der Waals surface area contributed by atoms with Gasteiger partial charge in [0.2, 0.25) is 9.84 Å². The van der Waals surface area contributed by atoms with Gasteiger partial charge >= 0.3 is 0 Å². The lowest BCUT2D eigenvalue weighted by Gasteiger charge is -2.26. The first-order valence-electron chi connectivity index (χ1n) is 9.51. The number of aliphatic imine (C=N–C) groups is 1. The maximum atomic E-state index is 13.0. The third kappa shape index (κ3) is 4.41. The van der Waals surface area contributed by atoms with Gasteiger partial charge in [0.05, 0.1) is 15.6 Å². The normalized spacial score (nSPS) is 17.4. The second-order valence-corrected chi connectivity index (χ2v) is 9.33. The Morgan fingerprint density at radius 2 is 1.85 bits per heavy atom. The topological polar surface area (TPSA) is 49.7 Å². The van der Waals surface area contributed by atoms with Crippen LogP contribution in [0.5, 0.6) is 0 Å². The fourth-order valence-corrected chi connectivity index (χ4v) is 4.92. The number of amidine groups is 1. The van der Waals surface area contributed by atoms with Crippen LogP contribution in [0.15, 0.2) is 63.3 Å². The molecule has 1 atom stereocenters. The molecule has 0 aliphatic heterocycles. The van der Waals surface area contributed by atoms with Crippen LogP contribution in [-0.2, 0) is 16.3 Å². The summed E-state index contributed by atoms with van der Waals surface area (Å²) in [5, 5.41) is 0. The Bertz CT molecular complexity index is 919. The van der Waals surface area contributed by atoms with Gasteiger partial charge in [-0.2, -0.15) is 0 Å². The van der Waals surface area contributed by atoms with Crippen LogP contribution in [0.2, 0.25) is 0 Å². The molecule has 3 rings (SSSR count). The first-order chi connectivity index (χ1) is 12.9. The monoisotopic (exact) mass is 384 g/mol. The van der Waals surface area contributed by atoms with Crippen molar-refractivity contribution in [3.8, 4) is 0 Å². The zero-order valence-corrected chi connectivity index (χ0v) is 17.2. The molecule has 0 amide bonds. The van der Waals surface area contributed by atoms with E-state index < -0.39 is 9.84 Å². The zero-order valence-electron chi connectivity index (χ0n) is 16.4. The summed E-state index contributed by atoms with van der Waals surface area (Å²) in [5.41, 5.74) is 2.47. The van der Waals surface area contributed by atoms with Crippen molar-refractivity contribution in [1.82, 2.24) is 4.90 Å². The van der Waals surface area contributed by atoms with Gasteiger partial charge in [0, 0.05) is 20.6 Å². The largest absolute Gasteiger partial charge is 0.367 e. The molecule has 0 fully saturated rings. The summed E-state index contributed by atoms with van der Waals surface area (Å²) < 4.78 is 26.0. The third-order valence-electron chi connectivity index (χ3n) is 5.39. The second-order valence-electron chi connectivity index (χ2n) is 7.38. The summed E-state index contributed by atoms with van der Waals surface area (Å²) in [6.45, 7) is 2.78. The number of hydrogen-bond donors (Lipinski definition) is 0. The molecule has 2 aromatic carbocycles. The lowest BCUT2D eigenvalue weighted by atomic mass is 9.81. The summed E-state index contributed by atoms with van der Waals surface area (Å²) >= 11 is 0. The highest BCUT2D eigenvalue weighted by molar-refractivity contribution is 7.91. The molecule has 4 nitrogen and oxygen atoms in total. The quantitative estimate of drug-likeness (QED) is 0.570. The number of hydrogen-bond acceptors (Lipinski definition) is 3. The summed E-state index contributed by atoms with van der Waals surface area (Å²) in [4.78, 5) is 7.39. The molecule has 144 valence electrons. The average molecular weight is 385 g/mol. The van der Waals surface area contributed by atoms with Crippen LogP contribution >= 0.6 is 0 Å². The van der Waals surface area contributed by atoms with E-state index in [1.165, 1.54) is 11.1 Å². The van der Waals surface area contributed by atoms with E-state index in [9.17, 15) is 8.42 Å². The number of rotatable bonds is 5. The summed E-state index contributed by atoms with van der Waals surface area (Å²) in [5.74, 6) is 1.39. The van der Waals surface area contributed by atoms with E-state index >= 15 is 0 Å². The van der Waals surface area contributed by atoms with Gasteiger partial charge in [0.25, 0.3) is 0 Å². The summed E-state index contributed by atoms with van der Waals surface area (Å²) in [6, 6.07) is 14.3. The molecular formula is C22H28N2O2S. The first-order valence-corrected chi connectivity index (χ1v) is 11.0. The highest BCUT2D eigenvalue weighted by Gasteiger charge is 2.24. The van der Waals surface area contributed by atoms with Gasteiger partial charge in [-0.25, -0.2) is 8.42 Å². The van der Waals surface area contributed by atoms with Crippen LogP contribution < -0.4 is 0 Å². The predicted molar refractivity (Wildman–Crippen MR) is 110 cm³/mol. The van der Waals surface area contributed by atoms with Gasteiger partial charge in [0.1, 0.15) is 0 Å². The minimum absolute atomic E-state index is 0.350. The lowest BCUT2D eigenvalue weighted by molar-refractivity contribution is 0.521. The maximum Gasteiger partial charge on any atom is 0.206 e. The van der Waals surface area contributed by atoms with E-state index in [1.54, 1.807) is 30.3 Å². The maximum absolute atomic E-state index is 13.0. The van der Waals surface area contributed by atoms with Crippen LogP contribution in [0.3, 0.4) is 0 Å². The SMILES string of the molecule is C/C(=N/CCC1CCCc2ccc(S(=O)(=O)c3ccccc3)cc21)N(C)C. The molecule has 1 unspecified atom stereocenters. The van der Waals surface area contributed by atoms with Gasteiger partial charge in [-0.1, -0.05) is 24.3 Å². The molecule has 5 heteroatoms. The Balaban J connectivity index is 1.87. The van der Waals surface area contributed by atoms with E-state index in [-0.39, 0.29) is 0 Å². The number of nitrogens with zero attached hydrogens (tertiary/aromatic N) is 2. The van der Waals surface area contributed by atoms with Crippen molar-refractivity contribution in [2.75, 3.05) is 20.6 Å². The molecule has 2 aromatic rings. The van der Waals surface area contributed by atoms with Crippen molar-refractivity contribution in [3.05, 3.63) is 59.7 Å². The Morgan fingerprint density at radius 1 is 1.11 bits per heavy atom. The minimum atomic E-state index is -3.48. The number of benzene rings is 2. The van der Waals surface area contributed by atoms with Gasteiger partial charge in [-0.3, -0.25) is 4.99 Å². The Morgan fingerprint density at radius 3 is 2.56 bits per heavy atom. The molecule has 0 aromatic heterocycles. The smallest absolute Gasteiger partial charge is 0.206 e. The highest BCUT2D eigenvalue weighted by Crippen LogP contribution is 2.36. The second kappa shape index (κ2) is 8.26. The molecule has 0 saturated carbocycles. The molecule has 0 spiro atoms. The highest BCUT2D eigenvalue weighted by atomic mass is 32.2. The van der Waals surface area contributed by atoms with E-state index in [2.05, 4.69) is 4.99 Å². The van der Waals surface area contributed by atoms with Crippen LogP contribution in [0.25, 0.3) is 0 Å². The number of fused-ring (bicyclic) bond motifs is 1. The van der Waals surface area contributed by atoms with Crippen LogP contribution in [0.1, 0.15) is 43.2 Å². The Hall–Kier alpha value is -2.14. The lowest BCUT2D eigenvalue weighted by Crippen LogP contribution is -2.19. The number of aryl methyl sites for hydroxylation is 1. The fraction of sp³-hybridized carbons (Fsp3) is 0.409. The van der Waals surface area contributed by atoms with E-state index in [0.717, 1.165) is 38.1 Å². The van der Waals surface area contributed by atoms with Gasteiger partial charge < -0.3 is 4.90 Å². The van der Waals surface area contributed by atoms with Crippen LogP contribution in [0, 0.1) is 0 Å². The molecule has 0 heterocycles. The Labute approximate surface area is 162 Å².